The van der Waals surface area contributed by atoms with Crippen molar-refractivity contribution in [1.82, 2.24) is 9.62 Å². The van der Waals surface area contributed by atoms with E-state index in [0.717, 1.165) is 6.26 Å². The first kappa shape index (κ1) is 14.1. The summed E-state index contributed by atoms with van der Waals surface area (Å²) in [7, 11) is -7.95. The third-order valence-corrected chi connectivity index (χ3v) is 6.16. The highest BCUT2D eigenvalue weighted by atomic mass is 32.3. The second-order valence-electron chi connectivity index (χ2n) is 3.79. The molecule has 17 heavy (non-hydrogen) atoms. The van der Waals surface area contributed by atoms with Crippen molar-refractivity contribution in [3.05, 3.63) is 0 Å². The quantitative estimate of drug-likeness (QED) is 0.580. The lowest BCUT2D eigenvalue weighted by molar-refractivity contribution is -0.136. The number of sulfonamides is 1. The van der Waals surface area contributed by atoms with Crippen LogP contribution in [0, 0.1) is 0 Å². The first-order valence-electron chi connectivity index (χ1n) is 4.54. The Bertz CT molecular complexity index is 549. The normalized spacial score (nSPS) is 23.5. The van der Waals surface area contributed by atoms with Crippen molar-refractivity contribution in [2.75, 3.05) is 17.9 Å². The fourth-order valence-electron chi connectivity index (χ4n) is 1.37. The number of carbonyl (C=O) groups is 2. The van der Waals surface area contributed by atoms with E-state index in [2.05, 4.69) is 0 Å². The molecule has 1 saturated heterocycles. The second kappa shape index (κ2) is 4.35. The van der Waals surface area contributed by atoms with Gasteiger partial charge in [0.15, 0.2) is 14.9 Å². The van der Waals surface area contributed by atoms with Crippen LogP contribution in [0.5, 0.6) is 0 Å². The first-order chi connectivity index (χ1) is 7.53. The minimum absolute atomic E-state index is 0.551. The van der Waals surface area contributed by atoms with Gasteiger partial charge in [-0.2, -0.15) is 4.31 Å². The Kier molecular flexibility index (Phi) is 3.60. The zero-order valence-electron chi connectivity index (χ0n) is 9.20. The maximum atomic E-state index is 11.7. The van der Waals surface area contributed by atoms with Crippen LogP contribution >= 0.6 is 0 Å². The summed E-state index contributed by atoms with van der Waals surface area (Å²) in [4.78, 5) is 22.3. The molecular formula is C7H12N2O6S2. The minimum Gasteiger partial charge on any atom is -0.294 e. The number of carbonyl (C=O) groups excluding carboxylic acids is 2. The van der Waals surface area contributed by atoms with Gasteiger partial charge < -0.3 is 0 Å². The van der Waals surface area contributed by atoms with E-state index < -0.39 is 49.3 Å². The lowest BCUT2D eigenvalue weighted by atomic mass is 10.2. The van der Waals surface area contributed by atoms with E-state index in [1.807, 2.05) is 5.32 Å². The summed E-state index contributed by atoms with van der Waals surface area (Å²) in [5, 5.41) is 0.840. The molecule has 1 atom stereocenters. The van der Waals surface area contributed by atoms with Crippen LogP contribution in [-0.2, 0) is 29.4 Å². The zero-order valence-corrected chi connectivity index (χ0v) is 10.8. The Hall–Kier alpha value is -1.00. The molecule has 0 radical (unpaired) electrons. The van der Waals surface area contributed by atoms with E-state index >= 15 is 0 Å². The number of piperazine rings is 1. The monoisotopic (exact) mass is 284 g/mol. The topological polar surface area (TPSA) is 118 Å². The van der Waals surface area contributed by atoms with E-state index in [9.17, 15) is 26.4 Å². The van der Waals surface area contributed by atoms with Gasteiger partial charge in [-0.3, -0.25) is 14.9 Å². The number of rotatable bonds is 3. The van der Waals surface area contributed by atoms with E-state index in [4.69, 9.17) is 0 Å². The summed E-state index contributed by atoms with van der Waals surface area (Å²) in [6, 6.07) is -1.10. The smallest absolute Gasteiger partial charge is 0.244 e. The molecule has 1 heterocycles. The summed E-state index contributed by atoms with van der Waals surface area (Å²) < 4.78 is 46.0. The van der Waals surface area contributed by atoms with Crippen LogP contribution in [0.2, 0.25) is 0 Å². The molecule has 1 aliphatic rings. The van der Waals surface area contributed by atoms with Gasteiger partial charge in [0.2, 0.25) is 21.8 Å². The van der Waals surface area contributed by atoms with E-state index in [-0.39, 0.29) is 0 Å². The van der Waals surface area contributed by atoms with Crippen LogP contribution in [0.1, 0.15) is 6.92 Å². The zero-order chi connectivity index (χ0) is 13.4. The van der Waals surface area contributed by atoms with Gasteiger partial charge in [-0.25, -0.2) is 16.8 Å². The molecule has 0 aromatic heterocycles. The number of sulfone groups is 1. The van der Waals surface area contributed by atoms with E-state index in [1.165, 1.54) is 6.92 Å². The standard InChI is InChI=1S/C7H12N2O6S2/c1-5-7(11)8-6(10)3-9(5)17(14,15)4-16(2,12)13/h5H,3-4H2,1-2H3,(H,8,10,11). The van der Waals surface area contributed by atoms with Crippen LogP contribution in [0.25, 0.3) is 0 Å². The van der Waals surface area contributed by atoms with Crippen LogP contribution in [0.15, 0.2) is 0 Å². The molecule has 1 aliphatic heterocycles. The summed E-state index contributed by atoms with van der Waals surface area (Å²) in [5.41, 5.74) is 0. The van der Waals surface area contributed by atoms with Gasteiger partial charge in [-0.05, 0) is 6.92 Å². The highest BCUT2D eigenvalue weighted by molar-refractivity contribution is 8.06. The molecule has 98 valence electrons. The largest absolute Gasteiger partial charge is 0.294 e. The molecule has 0 aliphatic carbocycles. The fraction of sp³-hybridized carbons (Fsp3) is 0.714. The van der Waals surface area contributed by atoms with Gasteiger partial charge >= 0.3 is 0 Å². The predicted octanol–water partition coefficient (Wildman–Crippen LogP) is -2.33. The van der Waals surface area contributed by atoms with Crippen LogP contribution in [0.3, 0.4) is 0 Å². The van der Waals surface area contributed by atoms with E-state index in [0.29, 0.717) is 4.31 Å². The summed E-state index contributed by atoms with van der Waals surface area (Å²) in [5.74, 6) is -1.54. The van der Waals surface area contributed by atoms with E-state index in [1.54, 1.807) is 0 Å². The molecule has 1 rings (SSSR count). The molecule has 1 fully saturated rings. The second-order valence-corrected chi connectivity index (χ2v) is 8.22. The number of imide groups is 1. The number of nitrogens with zero attached hydrogens (tertiary/aromatic N) is 1. The van der Waals surface area contributed by atoms with Crippen molar-refractivity contribution in [3.63, 3.8) is 0 Å². The molecular weight excluding hydrogens is 272 g/mol. The van der Waals surface area contributed by atoms with Crippen molar-refractivity contribution >= 4 is 31.7 Å². The van der Waals surface area contributed by atoms with Gasteiger partial charge in [0.05, 0.1) is 6.54 Å². The Morgan fingerprint density at radius 3 is 2.29 bits per heavy atom. The average molecular weight is 284 g/mol. The van der Waals surface area contributed by atoms with Crippen LogP contribution < -0.4 is 5.32 Å². The minimum atomic E-state index is -4.19. The van der Waals surface area contributed by atoms with Gasteiger partial charge in [0.1, 0.15) is 6.04 Å². The highest BCUT2D eigenvalue weighted by Gasteiger charge is 2.39. The Morgan fingerprint density at radius 2 is 1.82 bits per heavy atom. The molecule has 0 spiro atoms. The number of amides is 2. The molecule has 2 amide bonds. The molecule has 0 aromatic rings. The first-order valence-corrected chi connectivity index (χ1v) is 8.21. The number of hydrogen-bond donors (Lipinski definition) is 1. The molecule has 0 bridgehead atoms. The summed E-state index contributed by atoms with van der Waals surface area (Å²) in [6.07, 6.45) is 0.765. The van der Waals surface area contributed by atoms with Gasteiger partial charge in [-0.1, -0.05) is 0 Å². The lowest BCUT2D eigenvalue weighted by Gasteiger charge is -2.30. The molecule has 1 unspecified atom stereocenters. The maximum absolute atomic E-state index is 11.7. The van der Waals surface area contributed by atoms with Crippen LogP contribution in [-0.4, -0.2) is 56.9 Å². The fourth-order valence-corrected chi connectivity index (χ4v) is 4.97. The molecule has 0 saturated carbocycles. The predicted molar refractivity (Wildman–Crippen MR) is 57.9 cm³/mol. The number of hydrogen-bond acceptors (Lipinski definition) is 6. The number of nitrogens with one attached hydrogen (secondary N) is 1. The van der Waals surface area contributed by atoms with Crippen molar-refractivity contribution in [3.8, 4) is 0 Å². The van der Waals surface area contributed by atoms with Gasteiger partial charge in [0.25, 0.3) is 0 Å². The van der Waals surface area contributed by atoms with Crippen molar-refractivity contribution in [2.24, 2.45) is 0 Å². The van der Waals surface area contributed by atoms with Crippen molar-refractivity contribution in [2.45, 2.75) is 13.0 Å². The molecule has 0 aromatic carbocycles. The SMILES string of the molecule is CC1C(=O)NC(=O)CN1S(=O)(=O)CS(C)(=O)=O. The van der Waals surface area contributed by atoms with Crippen molar-refractivity contribution < 1.29 is 26.4 Å². The van der Waals surface area contributed by atoms with Gasteiger partial charge in [-0.15, -0.1) is 0 Å². The Labute approximate surface area is 98.9 Å². The highest BCUT2D eigenvalue weighted by Crippen LogP contribution is 2.12. The summed E-state index contributed by atoms with van der Waals surface area (Å²) in [6.45, 7) is 0.729. The molecule has 1 N–H and O–H groups in total. The third-order valence-electron chi connectivity index (χ3n) is 2.09. The third kappa shape index (κ3) is 3.48. The Morgan fingerprint density at radius 1 is 1.29 bits per heavy atom. The molecule has 10 heteroatoms. The Balaban J connectivity index is 3.06. The average Bonchev–Trinajstić information content (AvgIpc) is 2.06. The maximum Gasteiger partial charge on any atom is 0.244 e. The van der Waals surface area contributed by atoms with Gasteiger partial charge in [0, 0.05) is 6.26 Å². The van der Waals surface area contributed by atoms with Crippen LogP contribution in [0.4, 0.5) is 0 Å². The molecule has 8 nitrogen and oxygen atoms in total. The summed E-state index contributed by atoms with van der Waals surface area (Å²) >= 11 is 0. The lowest BCUT2D eigenvalue weighted by Crippen LogP contribution is -2.59. The van der Waals surface area contributed by atoms with Crippen molar-refractivity contribution in [1.29, 1.82) is 0 Å².